The summed E-state index contributed by atoms with van der Waals surface area (Å²) >= 11 is 0. The number of hydrogen-bond acceptors (Lipinski definition) is 2. The molecule has 28 heavy (non-hydrogen) atoms. The highest BCUT2D eigenvalue weighted by atomic mass is 19.1. The van der Waals surface area contributed by atoms with Gasteiger partial charge < -0.3 is 9.84 Å². The molecule has 0 spiro atoms. The monoisotopic (exact) mass is 378 g/mol. The van der Waals surface area contributed by atoms with Crippen LogP contribution in [-0.4, -0.2) is 5.11 Å². The van der Waals surface area contributed by atoms with Crippen molar-refractivity contribution in [2.45, 2.75) is 47.0 Å². The Morgan fingerprint density at radius 1 is 1.00 bits per heavy atom. The largest absolute Gasteiger partial charge is 0.507 e. The van der Waals surface area contributed by atoms with Gasteiger partial charge in [-0.15, -0.1) is 0 Å². The summed E-state index contributed by atoms with van der Waals surface area (Å²) in [7, 11) is 0. The second-order valence-electron chi connectivity index (χ2n) is 7.55. The maximum atomic E-state index is 13.3. The van der Waals surface area contributed by atoms with Crippen LogP contribution in [0.4, 0.5) is 4.39 Å². The van der Waals surface area contributed by atoms with Crippen molar-refractivity contribution in [2.24, 2.45) is 0 Å². The van der Waals surface area contributed by atoms with E-state index in [1.54, 1.807) is 12.1 Å². The predicted molar refractivity (Wildman–Crippen MR) is 112 cm³/mol. The molecule has 0 aliphatic carbocycles. The summed E-state index contributed by atoms with van der Waals surface area (Å²) in [5.74, 6) is 1.21. The summed E-state index contributed by atoms with van der Waals surface area (Å²) in [5, 5.41) is 10.9. The summed E-state index contributed by atoms with van der Waals surface area (Å²) in [4.78, 5) is 0. The minimum atomic E-state index is -0.218. The third-order valence-corrected chi connectivity index (χ3v) is 5.22. The van der Waals surface area contributed by atoms with Crippen LogP contribution in [-0.2, 0) is 11.2 Å². The van der Waals surface area contributed by atoms with Gasteiger partial charge in [0.25, 0.3) is 0 Å². The lowest BCUT2D eigenvalue weighted by Gasteiger charge is -2.26. The second kappa shape index (κ2) is 8.05. The SMILES string of the molecule is C=C1OC(CCCc2cccc(F)c2)=C(C)C(O)=C1c1c(C)cc(C)cc1C. The quantitative estimate of drug-likeness (QED) is 0.616. The summed E-state index contributed by atoms with van der Waals surface area (Å²) in [6.45, 7) is 12.1. The van der Waals surface area contributed by atoms with Crippen LogP contribution in [0.15, 0.2) is 65.8 Å². The van der Waals surface area contributed by atoms with Gasteiger partial charge in [0.05, 0.1) is 5.57 Å². The zero-order chi connectivity index (χ0) is 20.4. The Kier molecular flexibility index (Phi) is 5.73. The van der Waals surface area contributed by atoms with E-state index in [0.717, 1.165) is 46.4 Å². The van der Waals surface area contributed by atoms with Crippen molar-refractivity contribution >= 4 is 5.57 Å². The number of hydrogen-bond donors (Lipinski definition) is 1. The van der Waals surface area contributed by atoms with Crippen LogP contribution in [0.5, 0.6) is 0 Å². The molecule has 0 bridgehead atoms. The van der Waals surface area contributed by atoms with E-state index in [1.807, 2.05) is 26.8 Å². The molecule has 3 rings (SSSR count). The van der Waals surface area contributed by atoms with E-state index in [-0.39, 0.29) is 11.6 Å². The highest BCUT2D eigenvalue weighted by molar-refractivity contribution is 5.85. The molecule has 0 unspecified atom stereocenters. The molecule has 1 aliphatic heterocycles. The van der Waals surface area contributed by atoms with Gasteiger partial charge in [-0.3, -0.25) is 0 Å². The van der Waals surface area contributed by atoms with Crippen LogP contribution in [0.25, 0.3) is 5.57 Å². The standard InChI is InChI=1S/C25H27FO2/c1-15-12-16(2)23(17(3)13-15)24-19(5)28-22(18(4)25(24)27)11-7-9-20-8-6-10-21(26)14-20/h6,8,10,12-14,27H,5,7,9,11H2,1-4H3. The van der Waals surface area contributed by atoms with E-state index in [2.05, 4.69) is 25.6 Å². The molecule has 1 aliphatic rings. The molecule has 146 valence electrons. The van der Waals surface area contributed by atoms with Gasteiger partial charge >= 0.3 is 0 Å². The smallest absolute Gasteiger partial charge is 0.133 e. The molecule has 1 heterocycles. The number of benzene rings is 2. The number of aliphatic hydroxyl groups is 1. The van der Waals surface area contributed by atoms with E-state index < -0.39 is 0 Å². The zero-order valence-corrected chi connectivity index (χ0v) is 17.0. The Bertz CT molecular complexity index is 972. The van der Waals surface area contributed by atoms with Crippen molar-refractivity contribution in [1.82, 2.24) is 0 Å². The van der Waals surface area contributed by atoms with Crippen molar-refractivity contribution in [3.8, 4) is 0 Å². The van der Waals surface area contributed by atoms with Crippen molar-refractivity contribution in [3.63, 3.8) is 0 Å². The van der Waals surface area contributed by atoms with Crippen LogP contribution in [0.2, 0.25) is 0 Å². The minimum absolute atomic E-state index is 0.218. The van der Waals surface area contributed by atoms with E-state index in [4.69, 9.17) is 4.74 Å². The van der Waals surface area contributed by atoms with Crippen molar-refractivity contribution in [3.05, 3.63) is 99.5 Å². The van der Waals surface area contributed by atoms with Gasteiger partial charge in [-0.1, -0.05) is 36.4 Å². The third-order valence-electron chi connectivity index (χ3n) is 5.22. The average Bonchev–Trinajstić information content (AvgIpc) is 2.61. The van der Waals surface area contributed by atoms with E-state index in [1.165, 1.54) is 11.6 Å². The van der Waals surface area contributed by atoms with Gasteiger partial charge in [0.15, 0.2) is 0 Å². The molecule has 1 N–H and O–H groups in total. The number of ether oxygens (including phenoxy) is 1. The Balaban J connectivity index is 1.85. The first-order valence-corrected chi connectivity index (χ1v) is 9.61. The zero-order valence-electron chi connectivity index (χ0n) is 17.0. The molecule has 0 fully saturated rings. The molecule has 2 aromatic carbocycles. The summed E-state index contributed by atoms with van der Waals surface area (Å²) < 4.78 is 19.4. The number of rotatable bonds is 5. The molecular weight excluding hydrogens is 351 g/mol. The van der Waals surface area contributed by atoms with E-state index in [0.29, 0.717) is 17.8 Å². The Morgan fingerprint density at radius 2 is 1.68 bits per heavy atom. The Morgan fingerprint density at radius 3 is 2.32 bits per heavy atom. The van der Waals surface area contributed by atoms with Crippen LogP contribution < -0.4 is 0 Å². The van der Waals surface area contributed by atoms with Gasteiger partial charge in [0, 0.05) is 12.0 Å². The average molecular weight is 378 g/mol. The van der Waals surface area contributed by atoms with Gasteiger partial charge in [-0.2, -0.15) is 0 Å². The summed E-state index contributed by atoms with van der Waals surface area (Å²) in [6, 6.07) is 10.8. The van der Waals surface area contributed by atoms with Crippen molar-refractivity contribution in [1.29, 1.82) is 0 Å². The number of aryl methyl sites for hydroxylation is 4. The molecule has 0 atom stereocenters. The first-order chi connectivity index (χ1) is 13.3. The van der Waals surface area contributed by atoms with Gasteiger partial charge in [-0.05, 0) is 74.9 Å². The maximum Gasteiger partial charge on any atom is 0.133 e. The fourth-order valence-electron chi connectivity index (χ4n) is 3.94. The maximum absolute atomic E-state index is 13.3. The van der Waals surface area contributed by atoms with Crippen molar-refractivity contribution in [2.75, 3.05) is 0 Å². The molecule has 0 aromatic heterocycles. The second-order valence-corrected chi connectivity index (χ2v) is 7.55. The third kappa shape index (κ3) is 4.04. The van der Waals surface area contributed by atoms with E-state index in [9.17, 15) is 9.50 Å². The molecule has 3 heteroatoms. The summed E-state index contributed by atoms with van der Waals surface area (Å²) in [5.41, 5.74) is 6.71. The fourth-order valence-corrected chi connectivity index (χ4v) is 3.94. The molecule has 0 saturated heterocycles. The van der Waals surface area contributed by atoms with Gasteiger partial charge in [0.1, 0.15) is 23.1 Å². The number of aliphatic hydroxyl groups excluding tert-OH is 1. The molecule has 0 radical (unpaired) electrons. The first-order valence-electron chi connectivity index (χ1n) is 9.61. The minimum Gasteiger partial charge on any atom is -0.507 e. The lowest BCUT2D eigenvalue weighted by Crippen LogP contribution is -2.11. The molecule has 2 nitrogen and oxygen atoms in total. The highest BCUT2D eigenvalue weighted by Gasteiger charge is 2.26. The Hall–Kier alpha value is -2.81. The Labute approximate surface area is 166 Å². The lowest BCUT2D eigenvalue weighted by molar-refractivity contribution is 0.283. The number of halogens is 1. The number of allylic oxidation sites excluding steroid dienone is 3. The summed E-state index contributed by atoms with van der Waals surface area (Å²) in [6.07, 6.45) is 2.21. The van der Waals surface area contributed by atoms with Crippen LogP contribution >= 0.6 is 0 Å². The van der Waals surface area contributed by atoms with Crippen LogP contribution in [0.3, 0.4) is 0 Å². The van der Waals surface area contributed by atoms with Crippen molar-refractivity contribution < 1.29 is 14.2 Å². The van der Waals surface area contributed by atoms with Gasteiger partial charge in [-0.25, -0.2) is 4.39 Å². The van der Waals surface area contributed by atoms with Crippen LogP contribution in [0.1, 0.15) is 47.6 Å². The molecular formula is C25H27FO2. The first kappa shape index (κ1) is 19.9. The van der Waals surface area contributed by atoms with E-state index >= 15 is 0 Å². The predicted octanol–water partition coefficient (Wildman–Crippen LogP) is 6.86. The lowest BCUT2D eigenvalue weighted by atomic mass is 9.89. The van der Waals surface area contributed by atoms with Crippen LogP contribution in [0, 0.1) is 26.6 Å². The topological polar surface area (TPSA) is 29.5 Å². The highest BCUT2D eigenvalue weighted by Crippen LogP contribution is 2.40. The molecule has 2 aromatic rings. The molecule has 0 amide bonds. The van der Waals surface area contributed by atoms with Gasteiger partial charge in [0.2, 0.25) is 0 Å². The molecule has 0 saturated carbocycles. The normalized spacial score (nSPS) is 14.5. The fraction of sp³-hybridized carbons (Fsp3) is 0.280.